The number of hydrogen-bond donors (Lipinski definition) is 2. The Morgan fingerprint density at radius 3 is 2.68 bits per heavy atom. The lowest BCUT2D eigenvalue weighted by atomic mass is 10.1. The van der Waals surface area contributed by atoms with Crippen LogP contribution in [0, 0.1) is 5.92 Å². The summed E-state index contributed by atoms with van der Waals surface area (Å²) in [5.74, 6) is 1.66. The number of carbonyl (C=O) groups excluding carboxylic acids is 1. The van der Waals surface area contributed by atoms with Gasteiger partial charge < -0.3 is 20.1 Å². The van der Waals surface area contributed by atoms with Crippen LogP contribution in [0.25, 0.3) is 11.1 Å². The smallest absolute Gasteiger partial charge is 0.228 e. The van der Waals surface area contributed by atoms with Crippen molar-refractivity contribution >= 4 is 23.1 Å². The fourth-order valence-electron chi connectivity index (χ4n) is 4.42. The van der Waals surface area contributed by atoms with Gasteiger partial charge in [-0.25, -0.2) is 9.37 Å². The van der Waals surface area contributed by atoms with Gasteiger partial charge in [-0.3, -0.25) is 9.48 Å². The Morgan fingerprint density at radius 1 is 1.12 bits per heavy atom. The quantitative estimate of drug-likeness (QED) is 0.480. The Morgan fingerprint density at radius 2 is 1.97 bits per heavy atom. The molecule has 9 heteroatoms. The lowest BCUT2D eigenvalue weighted by Gasteiger charge is -2.17. The molecule has 2 heterocycles. The average molecular weight is 466 g/mol. The summed E-state index contributed by atoms with van der Waals surface area (Å²) in [6.45, 7) is 0. The van der Waals surface area contributed by atoms with Crippen molar-refractivity contribution in [3.63, 3.8) is 0 Å². The zero-order chi connectivity index (χ0) is 23.7. The molecule has 2 saturated carbocycles. The van der Waals surface area contributed by atoms with Gasteiger partial charge in [-0.1, -0.05) is 12.1 Å². The highest BCUT2D eigenvalue weighted by Gasteiger charge is 2.30. The second-order valence-corrected chi connectivity index (χ2v) is 8.77. The predicted octanol–water partition coefficient (Wildman–Crippen LogP) is 5.12. The molecule has 0 bridgehead atoms. The number of nitrogens with zero attached hydrogens (tertiary/aromatic N) is 3. The minimum atomic E-state index is -0.864. The minimum absolute atomic E-state index is 0.0158. The zero-order valence-corrected chi connectivity index (χ0v) is 19.3. The Bertz CT molecular complexity index is 1190. The summed E-state index contributed by atoms with van der Waals surface area (Å²) in [5, 5.41) is 10.6. The molecule has 0 radical (unpaired) electrons. The van der Waals surface area contributed by atoms with Crippen molar-refractivity contribution in [3.8, 4) is 22.6 Å². The summed E-state index contributed by atoms with van der Waals surface area (Å²) >= 11 is 0. The van der Waals surface area contributed by atoms with E-state index in [1.54, 1.807) is 37.4 Å². The topological polar surface area (TPSA) is 90.3 Å². The number of anilines is 3. The number of amides is 1. The van der Waals surface area contributed by atoms with Crippen LogP contribution in [0.4, 0.5) is 21.6 Å². The standard InChI is InChI=1S/C25H28FN5O3/c1-33-22-13-27-23(30-25(32)15-9-10-15)11-20(22)29-19-7-3-5-17(24(19)34-2)16-12-28-31(14-16)21-8-4-6-18(21)26/h3,5,7,11-15,18,21H,4,6,8-10H2,1-2H3,(H2,27,29,30,32)/t18-,21+/m0/s1. The third kappa shape index (κ3) is 4.42. The maximum atomic E-state index is 14.2. The van der Waals surface area contributed by atoms with Crippen molar-refractivity contribution in [2.45, 2.75) is 44.3 Å². The molecule has 2 aromatic heterocycles. The second-order valence-electron chi connectivity index (χ2n) is 8.77. The van der Waals surface area contributed by atoms with E-state index in [-0.39, 0.29) is 17.9 Å². The van der Waals surface area contributed by atoms with E-state index in [1.165, 1.54) is 0 Å². The van der Waals surface area contributed by atoms with Crippen molar-refractivity contribution in [1.29, 1.82) is 0 Å². The molecule has 2 fully saturated rings. The summed E-state index contributed by atoms with van der Waals surface area (Å²) < 4.78 is 27.2. The number of nitrogens with one attached hydrogen (secondary N) is 2. The van der Waals surface area contributed by atoms with Crippen LogP contribution in [0.2, 0.25) is 0 Å². The van der Waals surface area contributed by atoms with E-state index in [1.807, 2.05) is 24.4 Å². The van der Waals surface area contributed by atoms with E-state index in [2.05, 4.69) is 20.7 Å². The van der Waals surface area contributed by atoms with E-state index in [0.29, 0.717) is 35.1 Å². The molecule has 2 aliphatic carbocycles. The van der Waals surface area contributed by atoms with Crippen LogP contribution < -0.4 is 20.1 Å². The first-order valence-corrected chi connectivity index (χ1v) is 11.5. The molecule has 2 N–H and O–H groups in total. The van der Waals surface area contributed by atoms with Crippen molar-refractivity contribution in [2.24, 2.45) is 5.92 Å². The number of ether oxygens (including phenoxy) is 2. The summed E-state index contributed by atoms with van der Waals surface area (Å²) in [6.07, 6.45) is 8.41. The number of rotatable bonds is 8. The van der Waals surface area contributed by atoms with Gasteiger partial charge in [0.05, 0.1) is 44.0 Å². The molecule has 0 saturated heterocycles. The molecule has 2 aliphatic rings. The van der Waals surface area contributed by atoms with Crippen molar-refractivity contribution in [1.82, 2.24) is 14.8 Å². The fourth-order valence-corrected chi connectivity index (χ4v) is 4.42. The van der Waals surface area contributed by atoms with Gasteiger partial charge in [0, 0.05) is 29.3 Å². The van der Waals surface area contributed by atoms with E-state index < -0.39 is 6.17 Å². The number of methoxy groups -OCH3 is 2. The number of hydrogen-bond acceptors (Lipinski definition) is 6. The van der Waals surface area contributed by atoms with Gasteiger partial charge in [-0.2, -0.15) is 5.10 Å². The van der Waals surface area contributed by atoms with Crippen LogP contribution in [0.3, 0.4) is 0 Å². The highest BCUT2D eigenvalue weighted by molar-refractivity contribution is 5.94. The number of carbonyl (C=O) groups is 1. The maximum absolute atomic E-state index is 14.2. The Labute approximate surface area is 197 Å². The monoisotopic (exact) mass is 465 g/mol. The van der Waals surface area contributed by atoms with Crippen molar-refractivity contribution in [3.05, 3.63) is 42.9 Å². The van der Waals surface area contributed by atoms with Gasteiger partial charge in [0.2, 0.25) is 5.91 Å². The number of benzene rings is 1. The molecular formula is C25H28FN5O3. The van der Waals surface area contributed by atoms with Crippen LogP contribution in [0.1, 0.15) is 38.1 Å². The lowest BCUT2D eigenvalue weighted by molar-refractivity contribution is -0.117. The molecule has 0 spiro atoms. The van der Waals surface area contributed by atoms with Gasteiger partial charge in [-0.15, -0.1) is 0 Å². The number of para-hydroxylation sites is 1. The highest BCUT2D eigenvalue weighted by Crippen LogP contribution is 2.41. The maximum Gasteiger partial charge on any atom is 0.228 e. The molecule has 1 aromatic carbocycles. The van der Waals surface area contributed by atoms with Crippen molar-refractivity contribution in [2.75, 3.05) is 24.9 Å². The van der Waals surface area contributed by atoms with Gasteiger partial charge in [0.25, 0.3) is 0 Å². The molecule has 178 valence electrons. The first-order chi connectivity index (χ1) is 16.6. The first kappa shape index (κ1) is 22.2. The minimum Gasteiger partial charge on any atom is -0.494 e. The van der Waals surface area contributed by atoms with Gasteiger partial charge in [0.1, 0.15) is 17.7 Å². The summed E-state index contributed by atoms with van der Waals surface area (Å²) in [5.41, 5.74) is 3.03. The molecular weight excluding hydrogens is 437 g/mol. The Kier molecular flexibility index (Phi) is 6.08. The first-order valence-electron chi connectivity index (χ1n) is 11.5. The zero-order valence-electron chi connectivity index (χ0n) is 19.3. The van der Waals surface area contributed by atoms with E-state index >= 15 is 0 Å². The third-order valence-corrected chi connectivity index (χ3v) is 6.42. The molecule has 8 nitrogen and oxygen atoms in total. The summed E-state index contributed by atoms with van der Waals surface area (Å²) in [6, 6.07) is 7.27. The molecule has 2 atom stereocenters. The Balaban J connectivity index is 1.43. The molecule has 1 amide bonds. The molecule has 34 heavy (non-hydrogen) atoms. The third-order valence-electron chi connectivity index (χ3n) is 6.42. The van der Waals surface area contributed by atoms with Gasteiger partial charge in [0.15, 0.2) is 5.75 Å². The van der Waals surface area contributed by atoms with E-state index in [4.69, 9.17) is 9.47 Å². The summed E-state index contributed by atoms with van der Waals surface area (Å²) in [7, 11) is 3.17. The number of alkyl halides is 1. The molecule has 0 unspecified atom stereocenters. The normalized spacial score (nSPS) is 19.6. The number of halogens is 1. The SMILES string of the molecule is COc1cnc(NC(=O)C2CC2)cc1Nc1cccc(-c2cnn([C@@H]3CCC[C@@H]3F)c2)c1OC. The van der Waals surface area contributed by atoms with Crippen molar-refractivity contribution < 1.29 is 18.7 Å². The number of pyridine rings is 1. The molecule has 3 aromatic rings. The largest absolute Gasteiger partial charge is 0.494 e. The van der Waals surface area contributed by atoms with Crippen LogP contribution in [0.15, 0.2) is 42.9 Å². The van der Waals surface area contributed by atoms with Crippen LogP contribution in [-0.4, -0.2) is 41.1 Å². The molecule has 0 aliphatic heterocycles. The average Bonchev–Trinajstić information content (AvgIpc) is 3.44. The highest BCUT2D eigenvalue weighted by atomic mass is 19.1. The van der Waals surface area contributed by atoms with Crippen LogP contribution in [0.5, 0.6) is 11.5 Å². The van der Waals surface area contributed by atoms with E-state index in [9.17, 15) is 9.18 Å². The Hall–Kier alpha value is -3.62. The second kappa shape index (κ2) is 9.32. The fraction of sp³-hybridized carbons (Fsp3) is 0.400. The van der Waals surface area contributed by atoms with E-state index in [0.717, 1.165) is 36.8 Å². The number of aromatic nitrogens is 3. The van der Waals surface area contributed by atoms with Crippen LogP contribution >= 0.6 is 0 Å². The summed E-state index contributed by atoms with van der Waals surface area (Å²) in [4.78, 5) is 16.5. The van der Waals surface area contributed by atoms with Gasteiger partial charge in [-0.05, 0) is 38.2 Å². The lowest BCUT2D eigenvalue weighted by Crippen LogP contribution is -2.14. The van der Waals surface area contributed by atoms with Crippen LogP contribution in [-0.2, 0) is 4.79 Å². The predicted molar refractivity (Wildman–Crippen MR) is 127 cm³/mol. The molecule has 5 rings (SSSR count). The van der Waals surface area contributed by atoms with Gasteiger partial charge >= 0.3 is 0 Å².